The van der Waals surface area contributed by atoms with Gasteiger partial charge in [-0.05, 0) is 73.6 Å². The van der Waals surface area contributed by atoms with Crippen LogP contribution in [0.5, 0.6) is 11.5 Å². The van der Waals surface area contributed by atoms with E-state index >= 15 is 4.79 Å². The Balaban J connectivity index is 1.41. The molecule has 1 aromatic heterocycles. The summed E-state index contributed by atoms with van der Waals surface area (Å²) < 4.78 is 46.1. The lowest BCUT2D eigenvalue weighted by molar-refractivity contribution is -0.142. The van der Waals surface area contributed by atoms with E-state index in [4.69, 9.17) is 27.9 Å². The Morgan fingerprint density at radius 2 is 1.76 bits per heavy atom. The monoisotopic (exact) mass is 800 g/mol. The predicted molar refractivity (Wildman–Crippen MR) is 190 cm³/mol. The van der Waals surface area contributed by atoms with Crippen LogP contribution in [0.4, 0.5) is 19.0 Å². The zero-order valence-corrected chi connectivity index (χ0v) is 30.5. The molecule has 4 aliphatic rings. The van der Waals surface area contributed by atoms with Gasteiger partial charge < -0.3 is 14.9 Å². The summed E-state index contributed by atoms with van der Waals surface area (Å²) in [4.78, 5) is 74.0. The number of benzene rings is 2. The Kier molecular flexibility index (Phi) is 9.82. The first-order chi connectivity index (χ1) is 26.1. The van der Waals surface area contributed by atoms with Crippen molar-refractivity contribution in [2.24, 2.45) is 23.7 Å². The topological polar surface area (TPSA) is 166 Å². The zero-order chi connectivity index (χ0) is 39.6. The summed E-state index contributed by atoms with van der Waals surface area (Å²) in [5.41, 5.74) is 1.03. The van der Waals surface area contributed by atoms with Crippen molar-refractivity contribution in [3.05, 3.63) is 93.1 Å². The summed E-state index contributed by atoms with van der Waals surface area (Å²) in [7, 11) is 0. The van der Waals surface area contributed by atoms with E-state index in [1.165, 1.54) is 6.07 Å². The van der Waals surface area contributed by atoms with Crippen molar-refractivity contribution in [3.63, 3.8) is 0 Å². The van der Waals surface area contributed by atoms with E-state index in [0.29, 0.717) is 39.0 Å². The number of aromatic nitrogens is 1. The standard InChI is InChI=1S/C38H33Cl2F3N4O8/c1-2-55-28-14-18(5-12-27(28)48)31-22-10-11-23-30(35(53)46(33(23)51)13-3-4-29(49)50)24(22)16-25-34(52)47(36(54)37(25,31)19-6-8-21(39)9-7-19)45-32-26(40)15-20(17-44-32)38(41,42)43/h5-10,12,14-15,17,23-25,30-31,48H,2-4,11,13,16H2,1H3,(H,44,45)(H,49,50). The molecule has 0 bridgehead atoms. The van der Waals surface area contributed by atoms with Gasteiger partial charge in [-0.15, -0.1) is 0 Å². The van der Waals surface area contributed by atoms with Gasteiger partial charge in [0.2, 0.25) is 11.8 Å². The number of carbonyl (C=O) groups excluding carboxylic acids is 4. The second-order valence-corrected chi connectivity index (χ2v) is 14.7. The van der Waals surface area contributed by atoms with Crippen molar-refractivity contribution >= 4 is 58.6 Å². The maximum absolute atomic E-state index is 15.3. The number of nitrogens with zero attached hydrogens (tertiary/aromatic N) is 3. The number of ether oxygens (including phenoxy) is 1. The first-order valence-corrected chi connectivity index (χ1v) is 18.2. The number of hydrogen-bond donors (Lipinski definition) is 3. The quantitative estimate of drug-likeness (QED) is 0.155. The third-order valence-electron chi connectivity index (χ3n) is 11.0. The smallest absolute Gasteiger partial charge is 0.417 e. The Bertz CT molecular complexity index is 2150. The van der Waals surface area contributed by atoms with Crippen LogP contribution in [0.2, 0.25) is 10.0 Å². The fraction of sp³-hybridized carbons (Fsp3) is 0.368. The highest BCUT2D eigenvalue weighted by Gasteiger charge is 2.70. The number of hydrazine groups is 1. The van der Waals surface area contributed by atoms with Crippen molar-refractivity contribution in [1.29, 1.82) is 0 Å². The van der Waals surface area contributed by atoms with Crippen molar-refractivity contribution in [1.82, 2.24) is 14.9 Å². The van der Waals surface area contributed by atoms with Gasteiger partial charge in [-0.1, -0.05) is 53.1 Å². The molecule has 3 fully saturated rings. The molecule has 2 aliphatic heterocycles. The molecule has 7 rings (SSSR count). The highest BCUT2D eigenvalue weighted by molar-refractivity contribution is 6.33. The lowest BCUT2D eigenvalue weighted by Gasteiger charge is -2.50. The number of rotatable bonds is 10. The van der Waals surface area contributed by atoms with E-state index in [2.05, 4.69) is 10.4 Å². The maximum atomic E-state index is 15.3. The molecule has 3 aromatic rings. The SMILES string of the molecule is CCOc1cc(C2C3=CCC4C(=O)N(CCCC(=O)O)C(=O)C4C3CC3C(=O)N(Nc4ncc(C(F)(F)F)cc4Cl)C(=O)C32c2ccc(Cl)cc2)ccc1O. The first kappa shape index (κ1) is 38.1. The largest absolute Gasteiger partial charge is 0.504 e. The van der Waals surface area contributed by atoms with E-state index < -0.39 is 87.2 Å². The van der Waals surface area contributed by atoms with Crippen LogP contribution in [0.3, 0.4) is 0 Å². The third kappa shape index (κ3) is 6.26. The lowest BCUT2D eigenvalue weighted by atomic mass is 9.49. The van der Waals surface area contributed by atoms with E-state index in [1.54, 1.807) is 43.3 Å². The molecule has 3 heterocycles. The van der Waals surface area contributed by atoms with Crippen molar-refractivity contribution in [3.8, 4) is 11.5 Å². The van der Waals surface area contributed by atoms with E-state index in [9.17, 15) is 42.6 Å². The zero-order valence-electron chi connectivity index (χ0n) is 29.0. The van der Waals surface area contributed by atoms with Crippen LogP contribution in [0.1, 0.15) is 55.2 Å². The summed E-state index contributed by atoms with van der Waals surface area (Å²) in [6.07, 6.45) is -2.64. The Hall–Kier alpha value is -5.15. The Labute approximate surface area is 321 Å². The molecule has 6 unspecified atom stereocenters. The van der Waals surface area contributed by atoms with Crippen molar-refractivity contribution in [2.45, 2.75) is 50.1 Å². The van der Waals surface area contributed by atoms with Gasteiger partial charge >= 0.3 is 12.1 Å². The van der Waals surface area contributed by atoms with Gasteiger partial charge in [-0.25, -0.2) is 4.98 Å². The predicted octanol–water partition coefficient (Wildman–Crippen LogP) is 6.36. The van der Waals surface area contributed by atoms with Gasteiger partial charge in [-0.2, -0.15) is 18.2 Å². The number of halogens is 5. The molecule has 0 radical (unpaired) electrons. The molecule has 2 aromatic carbocycles. The van der Waals surface area contributed by atoms with Gasteiger partial charge in [0, 0.05) is 30.1 Å². The van der Waals surface area contributed by atoms with E-state index in [-0.39, 0.29) is 50.3 Å². The molecule has 55 heavy (non-hydrogen) atoms. The number of hydrogen-bond acceptors (Lipinski definition) is 9. The fourth-order valence-electron chi connectivity index (χ4n) is 8.81. The van der Waals surface area contributed by atoms with E-state index in [0.717, 1.165) is 4.90 Å². The molecular formula is C38H33Cl2F3N4O8. The van der Waals surface area contributed by atoms with Gasteiger partial charge in [0.25, 0.3) is 11.8 Å². The second kappa shape index (κ2) is 14.2. The summed E-state index contributed by atoms with van der Waals surface area (Å²) in [6.45, 7) is 1.78. The van der Waals surface area contributed by atoms with Crippen molar-refractivity contribution < 1.29 is 52.1 Å². The number of phenols is 1. The number of likely N-dealkylation sites (tertiary alicyclic amines) is 1. The molecule has 12 nitrogen and oxygen atoms in total. The molecule has 4 amide bonds. The number of pyridine rings is 1. The number of imide groups is 2. The highest BCUT2D eigenvalue weighted by atomic mass is 35.5. The Morgan fingerprint density at radius 3 is 2.42 bits per heavy atom. The van der Waals surface area contributed by atoms with Crippen LogP contribution in [-0.4, -0.2) is 67.9 Å². The molecule has 288 valence electrons. The van der Waals surface area contributed by atoms with Crippen LogP contribution in [0.25, 0.3) is 0 Å². The van der Waals surface area contributed by atoms with Crippen LogP contribution < -0.4 is 10.2 Å². The maximum Gasteiger partial charge on any atom is 0.417 e. The number of aliphatic carboxylic acids is 1. The first-order valence-electron chi connectivity index (χ1n) is 17.5. The molecule has 6 atom stereocenters. The van der Waals surface area contributed by atoms with Gasteiger partial charge in [0.05, 0.1) is 40.4 Å². The number of amides is 4. The fourth-order valence-corrected chi connectivity index (χ4v) is 9.15. The van der Waals surface area contributed by atoms with Crippen molar-refractivity contribution in [2.75, 3.05) is 18.6 Å². The Morgan fingerprint density at radius 1 is 1.04 bits per heavy atom. The van der Waals surface area contributed by atoms with Gasteiger partial charge in [0.15, 0.2) is 17.3 Å². The number of allylic oxidation sites excluding steroid dienone is 2. The summed E-state index contributed by atoms with van der Waals surface area (Å²) in [5, 5.41) is 20.4. The van der Waals surface area contributed by atoms with Gasteiger partial charge in [-0.3, -0.25) is 34.3 Å². The molecule has 2 saturated heterocycles. The van der Waals surface area contributed by atoms with Crippen LogP contribution >= 0.6 is 23.2 Å². The summed E-state index contributed by atoms with van der Waals surface area (Å²) in [5.74, 6) is -8.90. The number of anilines is 1. The molecular weight excluding hydrogens is 768 g/mol. The molecule has 1 saturated carbocycles. The minimum atomic E-state index is -4.77. The normalized spacial score (nSPS) is 26.1. The number of carbonyl (C=O) groups is 5. The highest BCUT2D eigenvalue weighted by Crippen LogP contribution is 2.64. The molecule has 0 spiro atoms. The lowest BCUT2D eigenvalue weighted by Crippen LogP contribution is -2.53. The average Bonchev–Trinajstić information content (AvgIpc) is 3.50. The third-order valence-corrected chi connectivity index (χ3v) is 11.6. The number of phenolic OH excluding ortho intramolecular Hbond substituents is 1. The number of carboxylic acids is 1. The molecule has 17 heteroatoms. The minimum absolute atomic E-state index is 0.0456. The summed E-state index contributed by atoms with van der Waals surface area (Å²) >= 11 is 12.5. The van der Waals surface area contributed by atoms with E-state index in [1.807, 2.05) is 6.08 Å². The molecule has 3 N–H and O–H groups in total. The number of fused-ring (bicyclic) bond motifs is 4. The summed E-state index contributed by atoms with van der Waals surface area (Å²) in [6, 6.07) is 11.4. The van der Waals surface area contributed by atoms with Crippen LogP contribution in [0, 0.1) is 23.7 Å². The number of nitrogens with one attached hydrogen (secondary N) is 1. The van der Waals surface area contributed by atoms with Gasteiger partial charge in [0.1, 0.15) is 0 Å². The van der Waals surface area contributed by atoms with Crippen LogP contribution in [-0.2, 0) is 35.6 Å². The number of alkyl halides is 3. The van der Waals surface area contributed by atoms with Crippen LogP contribution in [0.15, 0.2) is 66.4 Å². The molecule has 2 aliphatic carbocycles. The second-order valence-electron chi connectivity index (χ2n) is 13.9. The number of aromatic hydroxyl groups is 1. The number of carboxylic acid groups (broad SMARTS) is 1. The average molecular weight is 802 g/mol. The minimum Gasteiger partial charge on any atom is -0.504 e.